The van der Waals surface area contributed by atoms with E-state index in [-0.39, 0.29) is 13.0 Å². The monoisotopic (exact) mass is 381 g/mol. The van der Waals surface area contributed by atoms with E-state index in [0.29, 0.717) is 0 Å². The lowest BCUT2D eigenvalue weighted by Gasteiger charge is -2.22. The summed E-state index contributed by atoms with van der Waals surface area (Å²) in [5.41, 5.74) is 6.21. The molecule has 0 spiro atoms. The summed E-state index contributed by atoms with van der Waals surface area (Å²) in [6.07, 6.45) is -0.831. The highest BCUT2D eigenvalue weighted by molar-refractivity contribution is 5.86. The fourth-order valence-corrected chi connectivity index (χ4v) is 2.15. The molecule has 0 saturated heterocycles. The van der Waals surface area contributed by atoms with Gasteiger partial charge in [0.25, 0.3) is 0 Å². The zero-order valence-electron chi connectivity index (χ0n) is 15.4. The molecular weight excluding hydrogens is 354 g/mol. The third kappa shape index (κ3) is 8.16. The molecule has 0 radical (unpaired) electrons. The lowest BCUT2D eigenvalue weighted by atomic mass is 10.1. The van der Waals surface area contributed by atoms with Crippen LogP contribution in [0, 0.1) is 0 Å². The number of benzene rings is 1. The van der Waals surface area contributed by atoms with Crippen LogP contribution < -0.4 is 16.4 Å². The molecule has 0 aliphatic carbocycles. The largest absolute Gasteiger partial charge is 0.480 e. The molecule has 9 nitrogen and oxygen atoms in total. The van der Waals surface area contributed by atoms with Crippen LogP contribution in [0.4, 0.5) is 0 Å². The molecule has 1 aromatic rings. The van der Waals surface area contributed by atoms with Crippen LogP contribution in [-0.4, -0.2) is 65.4 Å². The molecule has 1 rings (SSSR count). The number of nitrogens with one attached hydrogen (secondary N) is 2. The fourth-order valence-electron chi connectivity index (χ4n) is 2.15. The minimum atomic E-state index is -1.16. The van der Waals surface area contributed by atoms with Gasteiger partial charge in [0.1, 0.15) is 12.1 Å². The summed E-state index contributed by atoms with van der Waals surface area (Å²) in [6.45, 7) is 2.44. The Morgan fingerprint density at radius 2 is 1.74 bits per heavy atom. The number of carbonyl (C=O) groups excluding carboxylic acids is 2. The van der Waals surface area contributed by atoms with Gasteiger partial charge < -0.3 is 31.3 Å². The second-order valence-electron chi connectivity index (χ2n) is 6.24. The number of carboxylic acid groups (broad SMARTS) is 1. The third-order valence-electron chi connectivity index (χ3n) is 3.79. The molecule has 0 aromatic heterocycles. The van der Waals surface area contributed by atoms with Crippen molar-refractivity contribution in [3.05, 3.63) is 35.9 Å². The number of hydrogen-bond acceptors (Lipinski definition) is 6. The van der Waals surface area contributed by atoms with E-state index in [1.165, 1.54) is 13.8 Å². The lowest BCUT2D eigenvalue weighted by Crippen LogP contribution is -2.49. The van der Waals surface area contributed by atoms with Crippen LogP contribution in [0.5, 0.6) is 0 Å². The highest BCUT2D eigenvalue weighted by Crippen LogP contribution is 2.04. The molecule has 0 heterocycles. The summed E-state index contributed by atoms with van der Waals surface area (Å²) in [4.78, 5) is 35.2. The zero-order chi connectivity index (χ0) is 20.4. The second-order valence-corrected chi connectivity index (χ2v) is 6.24. The summed E-state index contributed by atoms with van der Waals surface area (Å²) >= 11 is 0. The maximum absolute atomic E-state index is 12.2. The van der Waals surface area contributed by atoms with Crippen LogP contribution in [0.1, 0.15) is 19.4 Å². The number of carbonyl (C=O) groups is 3. The summed E-state index contributed by atoms with van der Waals surface area (Å²) in [5, 5.41) is 23.5. The van der Waals surface area contributed by atoms with Gasteiger partial charge in [0.05, 0.1) is 25.3 Å². The molecule has 0 aliphatic rings. The lowest BCUT2D eigenvalue weighted by molar-refractivity contribution is -0.144. The van der Waals surface area contributed by atoms with Crippen LogP contribution in [0.25, 0.3) is 0 Å². The maximum Gasteiger partial charge on any atom is 0.326 e. The summed E-state index contributed by atoms with van der Waals surface area (Å²) in [6, 6.07) is 6.37. The molecule has 150 valence electrons. The standard InChI is InChI=1S/C18H27N3O6/c1-11(19)16(23)20-14(9-22)10-27-12(2)17(24)21-15(18(25)26)8-13-6-4-3-5-7-13/h3-7,11-12,14-15,22H,8-10,19H2,1-2H3,(H,20,23)(H,21,24)(H,25,26)/t11-,12-,14?,15?/m0/s1. The van der Waals surface area contributed by atoms with E-state index in [0.717, 1.165) is 5.56 Å². The average Bonchev–Trinajstić information content (AvgIpc) is 2.64. The first kappa shape index (κ1) is 22.6. The van der Waals surface area contributed by atoms with Crippen LogP contribution in [0.3, 0.4) is 0 Å². The Bertz CT molecular complexity index is 623. The van der Waals surface area contributed by atoms with Crippen molar-refractivity contribution < 1.29 is 29.3 Å². The fraction of sp³-hybridized carbons (Fsp3) is 0.500. The van der Waals surface area contributed by atoms with Crippen molar-refractivity contribution in [1.82, 2.24) is 10.6 Å². The molecule has 27 heavy (non-hydrogen) atoms. The molecule has 0 aliphatic heterocycles. The number of aliphatic carboxylic acids is 1. The Labute approximate surface area is 157 Å². The first-order chi connectivity index (χ1) is 12.7. The quantitative estimate of drug-likeness (QED) is 0.331. The van der Waals surface area contributed by atoms with Gasteiger partial charge in [-0.2, -0.15) is 0 Å². The topological polar surface area (TPSA) is 151 Å². The van der Waals surface area contributed by atoms with Gasteiger partial charge in [0, 0.05) is 6.42 Å². The van der Waals surface area contributed by atoms with E-state index in [9.17, 15) is 24.6 Å². The Kier molecular flexibility index (Phi) is 9.41. The van der Waals surface area contributed by atoms with Crippen molar-refractivity contribution in [3.63, 3.8) is 0 Å². The van der Waals surface area contributed by atoms with Crippen LogP contribution in [0.2, 0.25) is 0 Å². The minimum absolute atomic E-state index is 0.125. The van der Waals surface area contributed by atoms with Crippen molar-refractivity contribution in [3.8, 4) is 0 Å². The van der Waals surface area contributed by atoms with Gasteiger partial charge >= 0.3 is 5.97 Å². The number of carboxylic acids is 1. The molecule has 2 amide bonds. The van der Waals surface area contributed by atoms with Crippen molar-refractivity contribution >= 4 is 17.8 Å². The summed E-state index contributed by atoms with van der Waals surface area (Å²) in [5.74, 6) is -2.21. The highest BCUT2D eigenvalue weighted by atomic mass is 16.5. The van der Waals surface area contributed by atoms with Crippen molar-refractivity contribution in [1.29, 1.82) is 0 Å². The van der Waals surface area contributed by atoms with Crippen LogP contribution in [0.15, 0.2) is 30.3 Å². The summed E-state index contributed by atoms with van der Waals surface area (Å²) in [7, 11) is 0. The molecule has 1 aromatic carbocycles. The van der Waals surface area contributed by atoms with Gasteiger partial charge in [-0.25, -0.2) is 4.79 Å². The number of nitrogens with two attached hydrogens (primary N) is 1. The first-order valence-electron chi connectivity index (χ1n) is 8.60. The van der Waals surface area contributed by atoms with E-state index in [1.54, 1.807) is 24.3 Å². The number of aliphatic hydroxyl groups excluding tert-OH is 1. The van der Waals surface area contributed by atoms with E-state index >= 15 is 0 Å². The minimum Gasteiger partial charge on any atom is -0.480 e. The first-order valence-corrected chi connectivity index (χ1v) is 8.60. The molecule has 4 atom stereocenters. The van der Waals surface area contributed by atoms with Gasteiger partial charge in [0.15, 0.2) is 0 Å². The van der Waals surface area contributed by atoms with Gasteiger partial charge in [-0.3, -0.25) is 9.59 Å². The van der Waals surface area contributed by atoms with Crippen molar-refractivity contribution in [2.75, 3.05) is 13.2 Å². The number of hydrogen-bond donors (Lipinski definition) is 5. The number of amides is 2. The maximum atomic E-state index is 12.2. The van der Waals surface area contributed by atoms with E-state index < -0.39 is 48.6 Å². The van der Waals surface area contributed by atoms with Gasteiger partial charge in [-0.1, -0.05) is 30.3 Å². The van der Waals surface area contributed by atoms with Gasteiger partial charge in [-0.15, -0.1) is 0 Å². The van der Waals surface area contributed by atoms with Crippen molar-refractivity contribution in [2.45, 2.75) is 44.5 Å². The van der Waals surface area contributed by atoms with Crippen LogP contribution in [-0.2, 0) is 25.5 Å². The van der Waals surface area contributed by atoms with Crippen molar-refractivity contribution in [2.24, 2.45) is 5.73 Å². The Morgan fingerprint density at radius 3 is 2.26 bits per heavy atom. The second kappa shape index (κ2) is 11.3. The number of aliphatic hydroxyl groups is 1. The Balaban J connectivity index is 2.55. The van der Waals surface area contributed by atoms with E-state index in [2.05, 4.69) is 10.6 Å². The van der Waals surface area contributed by atoms with Gasteiger partial charge in [0.2, 0.25) is 11.8 Å². The Hall–Kier alpha value is -2.49. The molecular formula is C18H27N3O6. The normalized spacial score (nSPS) is 15.3. The highest BCUT2D eigenvalue weighted by Gasteiger charge is 2.24. The van der Waals surface area contributed by atoms with Crippen LogP contribution >= 0.6 is 0 Å². The third-order valence-corrected chi connectivity index (χ3v) is 3.79. The predicted molar refractivity (Wildman–Crippen MR) is 97.8 cm³/mol. The van der Waals surface area contributed by atoms with E-state index in [4.69, 9.17) is 10.5 Å². The Morgan fingerprint density at radius 1 is 1.11 bits per heavy atom. The number of rotatable bonds is 11. The molecule has 6 N–H and O–H groups in total. The average molecular weight is 381 g/mol. The van der Waals surface area contributed by atoms with E-state index in [1.807, 2.05) is 6.07 Å². The van der Waals surface area contributed by atoms with Gasteiger partial charge in [-0.05, 0) is 19.4 Å². The molecule has 0 bridgehead atoms. The molecule has 0 fully saturated rings. The molecule has 2 unspecified atom stereocenters. The predicted octanol–water partition coefficient (Wildman–Crippen LogP) is -0.972. The summed E-state index contributed by atoms with van der Waals surface area (Å²) < 4.78 is 5.35. The molecule has 9 heteroatoms. The number of ether oxygens (including phenoxy) is 1. The zero-order valence-corrected chi connectivity index (χ0v) is 15.4. The molecule has 0 saturated carbocycles. The smallest absolute Gasteiger partial charge is 0.326 e. The SMILES string of the molecule is C[C@H](N)C(=O)NC(CO)CO[C@@H](C)C(=O)NC(Cc1ccccc1)C(=O)O.